The summed E-state index contributed by atoms with van der Waals surface area (Å²) in [6.45, 7) is 5.93. The first-order valence-corrected chi connectivity index (χ1v) is 12.9. The number of rotatable bonds is 11. The first-order valence-electron chi connectivity index (χ1n) is 12.9. The predicted molar refractivity (Wildman–Crippen MR) is 145 cm³/mol. The zero-order chi connectivity index (χ0) is 27.8. The van der Waals surface area contributed by atoms with Crippen LogP contribution in [0.3, 0.4) is 0 Å². The summed E-state index contributed by atoms with van der Waals surface area (Å²) in [5.74, 6) is -1.24. The Bertz CT molecular complexity index is 1420. The molecular formula is C29H31N5O5. The second-order valence-corrected chi connectivity index (χ2v) is 8.83. The minimum atomic E-state index is -0.993. The molecule has 10 heteroatoms. The van der Waals surface area contributed by atoms with Gasteiger partial charge in [-0.05, 0) is 43.5 Å². The van der Waals surface area contributed by atoms with Crippen LogP contribution >= 0.6 is 0 Å². The summed E-state index contributed by atoms with van der Waals surface area (Å²) in [7, 11) is 0. The summed E-state index contributed by atoms with van der Waals surface area (Å²) in [6.07, 6.45) is 2.99. The van der Waals surface area contributed by atoms with Crippen molar-refractivity contribution in [2.75, 3.05) is 6.61 Å². The number of hydrogen-bond donors (Lipinski definition) is 3. The third-order valence-electron chi connectivity index (χ3n) is 6.21. The van der Waals surface area contributed by atoms with Gasteiger partial charge in [0.05, 0.1) is 18.5 Å². The van der Waals surface area contributed by atoms with Gasteiger partial charge in [-0.25, -0.2) is 9.78 Å². The lowest BCUT2D eigenvalue weighted by Crippen LogP contribution is -2.34. The van der Waals surface area contributed by atoms with Crippen LogP contribution in [0.4, 0.5) is 0 Å². The van der Waals surface area contributed by atoms with Crippen molar-refractivity contribution in [2.24, 2.45) is 0 Å². The van der Waals surface area contributed by atoms with E-state index in [9.17, 15) is 14.4 Å². The standard InChI is InChI=1S/C29H31N5O5/c1-4-21(5-2)31-26(35)23-16-22(33-34-23)19-13-10-14-20(15-19)28-30-17-24(39-28)27(36)32-25(29(37)38-6-3)18-11-8-7-9-12-18/h7-17,21,25H,4-6H2,1-3H3,(H,31,35)(H,32,36)(H,33,34)/t25-/m0/s1. The van der Waals surface area contributed by atoms with Crippen molar-refractivity contribution in [3.63, 3.8) is 0 Å². The Morgan fingerprint density at radius 2 is 1.67 bits per heavy atom. The van der Waals surface area contributed by atoms with E-state index in [1.807, 2.05) is 38.1 Å². The third-order valence-corrected chi connectivity index (χ3v) is 6.21. The molecule has 1 atom stereocenters. The number of carbonyl (C=O) groups excluding carboxylic acids is 3. The lowest BCUT2D eigenvalue weighted by atomic mass is 10.1. The minimum absolute atomic E-state index is 0.0532. The van der Waals surface area contributed by atoms with Crippen molar-refractivity contribution in [3.8, 4) is 22.7 Å². The molecule has 0 bridgehead atoms. The molecule has 0 radical (unpaired) electrons. The van der Waals surface area contributed by atoms with E-state index in [-0.39, 0.29) is 30.2 Å². The van der Waals surface area contributed by atoms with Crippen molar-refractivity contribution in [1.29, 1.82) is 0 Å². The number of oxazole rings is 1. The number of aromatic amines is 1. The highest BCUT2D eigenvalue weighted by atomic mass is 16.5. The van der Waals surface area contributed by atoms with Crippen LogP contribution in [0.5, 0.6) is 0 Å². The van der Waals surface area contributed by atoms with Crippen molar-refractivity contribution in [3.05, 3.63) is 83.9 Å². The van der Waals surface area contributed by atoms with Gasteiger partial charge < -0.3 is 19.8 Å². The summed E-state index contributed by atoms with van der Waals surface area (Å²) < 4.78 is 10.9. The molecule has 39 heavy (non-hydrogen) atoms. The monoisotopic (exact) mass is 529 g/mol. The number of ether oxygens (including phenoxy) is 1. The van der Waals surface area contributed by atoms with Crippen LogP contribution in [0.2, 0.25) is 0 Å². The molecular weight excluding hydrogens is 498 g/mol. The van der Waals surface area contributed by atoms with E-state index in [4.69, 9.17) is 9.15 Å². The van der Waals surface area contributed by atoms with Gasteiger partial charge in [0.25, 0.3) is 11.8 Å². The van der Waals surface area contributed by atoms with Crippen molar-refractivity contribution >= 4 is 17.8 Å². The Kier molecular flexibility index (Phi) is 8.88. The van der Waals surface area contributed by atoms with E-state index in [0.29, 0.717) is 22.5 Å². The highest BCUT2D eigenvalue weighted by Gasteiger charge is 2.26. The Morgan fingerprint density at radius 1 is 0.923 bits per heavy atom. The highest BCUT2D eigenvalue weighted by molar-refractivity contribution is 5.95. The Morgan fingerprint density at radius 3 is 2.38 bits per heavy atom. The molecule has 4 rings (SSSR count). The average molecular weight is 530 g/mol. The molecule has 3 N–H and O–H groups in total. The van der Waals surface area contributed by atoms with Crippen LogP contribution in [0.25, 0.3) is 22.7 Å². The van der Waals surface area contributed by atoms with Gasteiger partial charge in [0.15, 0.2) is 11.7 Å². The van der Waals surface area contributed by atoms with Gasteiger partial charge in [-0.15, -0.1) is 0 Å². The maximum Gasteiger partial charge on any atom is 0.333 e. The molecule has 2 amide bonds. The second-order valence-electron chi connectivity index (χ2n) is 8.83. The van der Waals surface area contributed by atoms with Crippen LogP contribution in [0, 0.1) is 0 Å². The quantitative estimate of drug-likeness (QED) is 0.240. The van der Waals surface area contributed by atoms with Gasteiger partial charge >= 0.3 is 5.97 Å². The summed E-state index contributed by atoms with van der Waals surface area (Å²) in [6, 6.07) is 16.9. The molecule has 4 aromatic rings. The van der Waals surface area contributed by atoms with Crippen molar-refractivity contribution < 1.29 is 23.5 Å². The molecule has 0 aliphatic rings. The van der Waals surface area contributed by atoms with Gasteiger partial charge in [0.1, 0.15) is 0 Å². The van der Waals surface area contributed by atoms with E-state index in [1.54, 1.807) is 43.3 Å². The number of amides is 2. The summed E-state index contributed by atoms with van der Waals surface area (Å²) in [5.41, 5.74) is 2.92. The number of esters is 1. The third kappa shape index (κ3) is 6.59. The molecule has 2 aromatic carbocycles. The molecule has 0 fully saturated rings. The first kappa shape index (κ1) is 27.3. The van der Waals surface area contributed by atoms with Crippen LogP contribution in [0.15, 0.2) is 71.3 Å². The maximum atomic E-state index is 13.0. The minimum Gasteiger partial charge on any atom is -0.464 e. The number of aromatic nitrogens is 3. The van der Waals surface area contributed by atoms with Crippen LogP contribution < -0.4 is 10.6 Å². The molecule has 0 saturated heterocycles. The Labute approximate surface area is 226 Å². The van der Waals surface area contributed by atoms with Crippen LogP contribution in [0.1, 0.15) is 66.3 Å². The van der Waals surface area contributed by atoms with E-state index >= 15 is 0 Å². The Balaban J connectivity index is 1.50. The predicted octanol–water partition coefficient (Wildman–Crippen LogP) is 4.68. The number of hydrogen-bond acceptors (Lipinski definition) is 7. The molecule has 0 unspecified atom stereocenters. The van der Waals surface area contributed by atoms with Crippen LogP contribution in [-0.2, 0) is 9.53 Å². The molecule has 202 valence electrons. The molecule has 10 nitrogen and oxygen atoms in total. The van der Waals surface area contributed by atoms with Gasteiger partial charge in [0, 0.05) is 17.2 Å². The largest absolute Gasteiger partial charge is 0.464 e. The number of benzene rings is 2. The van der Waals surface area contributed by atoms with E-state index in [0.717, 1.165) is 18.4 Å². The van der Waals surface area contributed by atoms with Gasteiger partial charge in [0.2, 0.25) is 11.7 Å². The number of H-pyrrole nitrogens is 1. The summed E-state index contributed by atoms with van der Waals surface area (Å²) in [4.78, 5) is 42.3. The number of carbonyl (C=O) groups is 3. The lowest BCUT2D eigenvalue weighted by Gasteiger charge is -2.16. The van der Waals surface area contributed by atoms with Gasteiger partial charge in [-0.1, -0.05) is 56.3 Å². The van der Waals surface area contributed by atoms with Crippen molar-refractivity contribution in [2.45, 2.75) is 45.7 Å². The molecule has 2 heterocycles. The summed E-state index contributed by atoms with van der Waals surface area (Å²) in [5, 5.41) is 12.7. The molecule has 0 spiro atoms. The fraction of sp³-hybridized carbons (Fsp3) is 0.276. The smallest absolute Gasteiger partial charge is 0.333 e. The normalized spacial score (nSPS) is 11.7. The molecule has 0 aliphatic heterocycles. The van der Waals surface area contributed by atoms with Crippen molar-refractivity contribution in [1.82, 2.24) is 25.8 Å². The van der Waals surface area contributed by atoms with Gasteiger partial charge in [-0.3, -0.25) is 14.7 Å². The highest BCUT2D eigenvalue weighted by Crippen LogP contribution is 2.26. The SMILES string of the molecule is CCOC(=O)[C@@H](NC(=O)c1cnc(-c2cccc(-c3cc(C(=O)NC(CC)CC)n[nH]3)c2)o1)c1ccccc1. The number of nitrogens with zero attached hydrogens (tertiary/aromatic N) is 2. The topological polar surface area (TPSA) is 139 Å². The fourth-order valence-corrected chi connectivity index (χ4v) is 4.02. The zero-order valence-corrected chi connectivity index (χ0v) is 22.1. The second kappa shape index (κ2) is 12.7. The molecule has 2 aromatic heterocycles. The average Bonchev–Trinajstić information content (AvgIpc) is 3.66. The van der Waals surface area contributed by atoms with E-state index in [2.05, 4.69) is 25.8 Å². The fourth-order valence-electron chi connectivity index (χ4n) is 4.02. The lowest BCUT2D eigenvalue weighted by molar-refractivity contribution is -0.145. The number of nitrogens with one attached hydrogen (secondary N) is 3. The Hall–Kier alpha value is -4.73. The van der Waals surface area contributed by atoms with E-state index < -0.39 is 17.9 Å². The maximum absolute atomic E-state index is 13.0. The zero-order valence-electron chi connectivity index (χ0n) is 22.1. The molecule has 0 aliphatic carbocycles. The summed E-state index contributed by atoms with van der Waals surface area (Å²) >= 11 is 0. The van der Waals surface area contributed by atoms with Crippen LogP contribution in [-0.4, -0.2) is 45.6 Å². The molecule has 0 saturated carbocycles. The van der Waals surface area contributed by atoms with Gasteiger partial charge in [-0.2, -0.15) is 5.10 Å². The first-order chi connectivity index (χ1) is 18.9. The van der Waals surface area contributed by atoms with E-state index in [1.165, 1.54) is 6.20 Å².